The third-order valence-corrected chi connectivity index (χ3v) is 5.06. The van der Waals surface area contributed by atoms with Crippen molar-refractivity contribution in [2.45, 2.75) is 52.6 Å². The molecule has 0 heterocycles. The molecule has 0 aliphatic heterocycles. The number of carbonyl (C=O) groups is 2. The van der Waals surface area contributed by atoms with Gasteiger partial charge in [0.2, 0.25) is 11.8 Å². The van der Waals surface area contributed by atoms with E-state index in [1.165, 1.54) is 27.7 Å². The van der Waals surface area contributed by atoms with Crippen LogP contribution >= 0.6 is 0 Å². The number of hydrogen-bond donors (Lipinski definition) is 4. The molecule has 0 aromatic rings. The Balaban J connectivity index is -0.0000000475. The zero-order valence-corrected chi connectivity index (χ0v) is 37.6. The predicted molar refractivity (Wildman–Crippen MR) is 147 cm³/mol. The third-order valence-electron chi connectivity index (χ3n) is 2.91. The average molecular weight is 769 g/mol. The standard InChI is InChI=1S/C9H19N2O4S.C7H13NO4S.C2H6N.CH4.4Na.2O3S/c1-4-10-6-5-8(12)11-9(2,3)7-16(13,14)15;1-4-6(9)8-7(2,3)5-13(10,11)12;1-2-3;;;;;;2*1-4(2)3/h10H,1,4-7H2,2-3H3,(H,11,12)(H,13,14,15);4H,1,5H2,2-3H3,(H,8,9)(H,10,11,12);1-3H2;1H4;;;;;;/q-1;;-1;;4*+1;;/p-2. The van der Waals surface area contributed by atoms with Gasteiger partial charge in [-0.3, -0.25) is 9.59 Å². The zero-order valence-electron chi connectivity index (χ0n) is 26.4. The molecular formula is C19H40N4Na4O14S4. The molecule has 2 amide bonds. The van der Waals surface area contributed by atoms with Crippen LogP contribution < -0.4 is 140 Å². The van der Waals surface area contributed by atoms with E-state index in [9.17, 15) is 35.5 Å². The van der Waals surface area contributed by atoms with Crippen LogP contribution in [0.1, 0.15) is 41.5 Å². The summed E-state index contributed by atoms with van der Waals surface area (Å²) in [5.41, 5.74) is 2.63. The molecule has 18 nitrogen and oxygen atoms in total. The van der Waals surface area contributed by atoms with E-state index >= 15 is 0 Å². The number of hydrogen-bond acceptors (Lipinski definition) is 16. The molecule has 0 rings (SSSR count). The summed E-state index contributed by atoms with van der Waals surface area (Å²) in [5.74, 6) is -2.06. The van der Waals surface area contributed by atoms with Crippen molar-refractivity contribution in [3.05, 3.63) is 26.5 Å². The first kappa shape index (κ1) is 72.4. The first-order chi connectivity index (χ1) is 17.7. The van der Waals surface area contributed by atoms with Gasteiger partial charge in [0.15, 0.2) is 0 Å². The monoisotopic (exact) mass is 768 g/mol. The molecule has 0 aromatic heterocycles. The quantitative estimate of drug-likeness (QED) is 0.0499. The van der Waals surface area contributed by atoms with Gasteiger partial charge in [0.25, 0.3) is 0 Å². The van der Waals surface area contributed by atoms with Gasteiger partial charge in [-0.1, -0.05) is 14.0 Å². The molecule has 0 fully saturated rings. The van der Waals surface area contributed by atoms with Gasteiger partial charge in [0.1, 0.15) is 0 Å². The molecule has 248 valence electrons. The Morgan fingerprint density at radius 1 is 0.800 bits per heavy atom. The summed E-state index contributed by atoms with van der Waals surface area (Å²) in [7, 11) is -14.9. The summed E-state index contributed by atoms with van der Waals surface area (Å²) in [6, 6.07) is 0. The molecule has 0 atom stereocenters. The summed E-state index contributed by atoms with van der Waals surface area (Å²) in [6.07, 6.45) is 1.23. The normalized spacial score (nSPS) is 9.44. The van der Waals surface area contributed by atoms with Gasteiger partial charge in [-0.2, -0.15) is 0 Å². The van der Waals surface area contributed by atoms with E-state index in [1.807, 2.05) is 0 Å². The van der Waals surface area contributed by atoms with Gasteiger partial charge in [0.05, 0.1) is 31.7 Å². The van der Waals surface area contributed by atoms with Crippen LogP contribution in [0.5, 0.6) is 0 Å². The molecule has 0 spiro atoms. The largest absolute Gasteiger partial charge is 1.00 e. The van der Waals surface area contributed by atoms with Crippen molar-refractivity contribution >= 4 is 53.3 Å². The Kier molecular flexibility index (Phi) is 64.5. The summed E-state index contributed by atoms with van der Waals surface area (Å²) in [5, 5.41) is 7.68. The van der Waals surface area contributed by atoms with E-state index in [-0.39, 0.29) is 138 Å². The Bertz CT molecular complexity index is 1160. The molecule has 0 aliphatic rings. The van der Waals surface area contributed by atoms with Crippen LogP contribution in [0.15, 0.2) is 12.7 Å². The molecular weight excluding hydrogens is 728 g/mol. The maximum Gasteiger partial charge on any atom is 1.00 e. The minimum Gasteiger partial charge on any atom is -0.748 e. The minimum atomic E-state index is -4.34. The van der Waals surface area contributed by atoms with Crippen molar-refractivity contribution in [3.8, 4) is 0 Å². The van der Waals surface area contributed by atoms with E-state index < -0.39 is 69.9 Å². The Hall–Kier alpha value is 1.66. The Labute approximate surface area is 359 Å². The van der Waals surface area contributed by atoms with Gasteiger partial charge in [-0.15, -0.1) is 38.3 Å². The van der Waals surface area contributed by atoms with E-state index in [0.717, 1.165) is 6.08 Å². The van der Waals surface area contributed by atoms with Crippen LogP contribution in [-0.4, -0.2) is 105 Å². The maximum atomic E-state index is 11.4. The van der Waals surface area contributed by atoms with Crippen LogP contribution in [0.25, 0.3) is 0 Å². The van der Waals surface area contributed by atoms with Crippen LogP contribution in [-0.2, 0) is 51.0 Å². The first-order valence-corrected chi connectivity index (χ1v) is 15.5. The van der Waals surface area contributed by atoms with Gasteiger partial charge in [-0.05, 0) is 33.8 Å². The van der Waals surface area contributed by atoms with Crippen molar-refractivity contribution in [2.75, 3.05) is 31.1 Å². The SMILES string of the molecule is C.C=CC(=O)NC(C)(C)CS(=O)(=O)[O-].O=S(=O)=O.O=S(=O)=O.[CH2-]CN.[CH2-]CNCCC(=O)NC(C)(C)CS(=O)(=O)[O-].[Na+].[Na+].[Na+].[Na+]. The molecule has 45 heavy (non-hydrogen) atoms. The number of rotatable bonds is 11. The fourth-order valence-electron chi connectivity index (χ4n) is 2.11. The minimum absolute atomic E-state index is 0. The summed E-state index contributed by atoms with van der Waals surface area (Å²) < 4.78 is 114. The third kappa shape index (κ3) is 92.6. The van der Waals surface area contributed by atoms with Crippen molar-refractivity contribution < 1.29 is 179 Å². The molecule has 0 bridgehead atoms. The molecule has 0 saturated heterocycles. The van der Waals surface area contributed by atoms with E-state index in [1.54, 1.807) is 0 Å². The Morgan fingerprint density at radius 2 is 1.07 bits per heavy atom. The number of amides is 2. The maximum absolute atomic E-state index is 11.4. The fourth-order valence-corrected chi connectivity index (χ4v) is 4.02. The smallest absolute Gasteiger partial charge is 0.748 e. The van der Waals surface area contributed by atoms with Crippen molar-refractivity contribution in [3.63, 3.8) is 0 Å². The van der Waals surface area contributed by atoms with E-state index in [4.69, 9.17) is 31.0 Å². The molecule has 0 saturated carbocycles. The molecule has 0 radical (unpaired) electrons. The number of nitrogens with two attached hydrogens (primary N) is 1. The van der Waals surface area contributed by atoms with Crippen molar-refractivity contribution in [2.24, 2.45) is 5.73 Å². The zero-order chi connectivity index (χ0) is 33.4. The van der Waals surface area contributed by atoms with Gasteiger partial charge in [0, 0.05) is 24.0 Å². The van der Waals surface area contributed by atoms with Crippen molar-refractivity contribution in [1.82, 2.24) is 16.0 Å². The van der Waals surface area contributed by atoms with Crippen molar-refractivity contribution in [1.29, 1.82) is 0 Å². The van der Waals surface area contributed by atoms with Gasteiger partial charge in [-0.25, -0.2) is 16.8 Å². The van der Waals surface area contributed by atoms with Gasteiger partial charge >= 0.3 is 139 Å². The second kappa shape index (κ2) is 40.1. The molecule has 0 unspecified atom stereocenters. The average Bonchev–Trinajstić information content (AvgIpc) is 2.63. The van der Waals surface area contributed by atoms with E-state index in [0.29, 0.717) is 19.6 Å². The topological polar surface area (TPSA) is 313 Å². The van der Waals surface area contributed by atoms with E-state index in [2.05, 4.69) is 36.4 Å². The summed E-state index contributed by atoms with van der Waals surface area (Å²) in [4.78, 5) is 22.1. The van der Waals surface area contributed by atoms with Gasteiger partial charge < -0.3 is 44.6 Å². The van der Waals surface area contributed by atoms with Crippen LogP contribution in [0.3, 0.4) is 0 Å². The Morgan fingerprint density at radius 3 is 1.29 bits per heavy atom. The molecule has 5 N–H and O–H groups in total. The van der Waals surface area contributed by atoms with Crippen LogP contribution in [0.4, 0.5) is 0 Å². The molecule has 0 aliphatic carbocycles. The fraction of sp³-hybridized carbons (Fsp3) is 0.684. The number of nitrogens with one attached hydrogen (secondary N) is 3. The predicted octanol–water partition coefficient (Wildman–Crippen LogP) is -14.7. The molecule has 0 aromatic carbocycles. The second-order valence-corrected chi connectivity index (χ2v) is 11.7. The number of carbonyl (C=O) groups excluding carboxylic acids is 2. The van der Waals surface area contributed by atoms with Crippen LogP contribution in [0.2, 0.25) is 0 Å². The second-order valence-electron chi connectivity index (χ2n) is 8.11. The summed E-state index contributed by atoms with van der Waals surface area (Å²) in [6.45, 7) is 17.4. The van der Waals surface area contributed by atoms with Crippen LogP contribution in [0, 0.1) is 13.8 Å². The first-order valence-electron chi connectivity index (χ1n) is 10.4. The molecule has 26 heteroatoms. The summed E-state index contributed by atoms with van der Waals surface area (Å²) >= 11 is 0.